The molecule has 3 aromatic rings. The lowest BCUT2D eigenvalue weighted by Crippen LogP contribution is -2.17. The smallest absolute Gasteiger partial charge is 0.325 e. The van der Waals surface area contributed by atoms with Gasteiger partial charge in [0.2, 0.25) is 0 Å². The van der Waals surface area contributed by atoms with Gasteiger partial charge >= 0.3 is 5.97 Å². The molecule has 8 heteroatoms. The number of nitrogens with one attached hydrogen (secondary N) is 1. The summed E-state index contributed by atoms with van der Waals surface area (Å²) in [6, 6.07) is 5.13. The summed E-state index contributed by atoms with van der Waals surface area (Å²) < 4.78 is 12.0. The molecule has 0 unspecified atom stereocenters. The monoisotopic (exact) mass is 353 g/mol. The van der Waals surface area contributed by atoms with E-state index >= 15 is 0 Å². The first-order chi connectivity index (χ1) is 11.1. The molecule has 6 nitrogen and oxygen atoms in total. The molecule has 0 saturated carbocycles. The van der Waals surface area contributed by atoms with Crippen LogP contribution in [-0.4, -0.2) is 28.5 Å². The minimum Gasteiger partial charge on any atom is -0.465 e. The number of rotatable bonds is 5. The molecule has 3 heterocycles. The fraction of sp³-hybridized carbons (Fsp3) is 0.200. The lowest BCUT2D eigenvalue weighted by atomic mass is 10.3. The van der Waals surface area contributed by atoms with Crippen LogP contribution in [0.2, 0.25) is 10.0 Å². The number of nitrogens with zero attached hydrogens (tertiary/aromatic N) is 2. The Balaban J connectivity index is 2.08. The minimum atomic E-state index is -0.374. The Morgan fingerprint density at radius 2 is 2.30 bits per heavy atom. The van der Waals surface area contributed by atoms with Gasteiger partial charge in [0.25, 0.3) is 0 Å². The molecular formula is C15H13Cl2N3O3. The quantitative estimate of drug-likeness (QED) is 0.705. The van der Waals surface area contributed by atoms with Gasteiger partial charge in [-0.2, -0.15) is 0 Å². The average Bonchev–Trinajstić information content (AvgIpc) is 3.12. The van der Waals surface area contributed by atoms with Crippen molar-refractivity contribution in [3.05, 3.63) is 40.7 Å². The van der Waals surface area contributed by atoms with Gasteiger partial charge in [-0.3, -0.25) is 9.20 Å². The van der Waals surface area contributed by atoms with E-state index in [2.05, 4.69) is 10.3 Å². The summed E-state index contributed by atoms with van der Waals surface area (Å²) in [5.41, 5.74) is 1.04. The number of carbonyl (C=O) groups is 1. The third-order valence-corrected chi connectivity index (χ3v) is 3.59. The van der Waals surface area contributed by atoms with Crippen molar-refractivity contribution in [1.29, 1.82) is 0 Å². The van der Waals surface area contributed by atoms with E-state index in [1.165, 1.54) is 0 Å². The third-order valence-electron chi connectivity index (χ3n) is 3.10. The minimum absolute atomic E-state index is 0.0144. The van der Waals surface area contributed by atoms with Gasteiger partial charge in [-0.05, 0) is 25.1 Å². The number of fused-ring (bicyclic) bond motifs is 1. The number of furan rings is 1. The first-order valence-electron chi connectivity index (χ1n) is 6.90. The van der Waals surface area contributed by atoms with E-state index in [4.69, 9.17) is 32.4 Å². The molecule has 23 heavy (non-hydrogen) atoms. The Bertz CT molecular complexity index is 843. The van der Waals surface area contributed by atoms with Crippen molar-refractivity contribution < 1.29 is 13.9 Å². The van der Waals surface area contributed by atoms with Crippen molar-refractivity contribution in [2.75, 3.05) is 18.5 Å². The summed E-state index contributed by atoms with van der Waals surface area (Å²) in [4.78, 5) is 16.1. The highest BCUT2D eigenvalue weighted by Crippen LogP contribution is 2.33. The largest absolute Gasteiger partial charge is 0.465 e. The van der Waals surface area contributed by atoms with Crippen LogP contribution in [0.1, 0.15) is 6.92 Å². The molecule has 1 N–H and O–H groups in total. The second-order valence-electron chi connectivity index (χ2n) is 4.64. The van der Waals surface area contributed by atoms with E-state index < -0.39 is 0 Å². The SMILES string of the molecule is CCOC(=O)CNc1c(-c2ccco2)nc2c(Cl)cc(Cl)cn12. The molecule has 3 rings (SSSR count). The molecule has 0 aromatic carbocycles. The number of ether oxygens (including phenoxy) is 1. The standard InChI is InChI=1S/C15H13Cl2N3O3/c1-2-22-12(21)7-18-15-13(11-4-3-5-23-11)19-14-10(17)6-9(16)8-20(14)15/h3-6,8,18H,2,7H2,1H3. The van der Waals surface area contributed by atoms with E-state index in [0.717, 1.165) is 0 Å². The maximum Gasteiger partial charge on any atom is 0.325 e. The first-order valence-corrected chi connectivity index (χ1v) is 7.66. The van der Waals surface area contributed by atoms with Crippen LogP contribution in [0.15, 0.2) is 35.1 Å². The molecule has 0 bridgehead atoms. The van der Waals surface area contributed by atoms with Crippen molar-refractivity contribution >= 4 is 40.6 Å². The van der Waals surface area contributed by atoms with Crippen LogP contribution in [0.4, 0.5) is 5.82 Å². The number of carbonyl (C=O) groups excluding carboxylic acids is 1. The zero-order valence-electron chi connectivity index (χ0n) is 12.2. The molecule has 3 aromatic heterocycles. The molecule has 0 atom stereocenters. The zero-order chi connectivity index (χ0) is 16.4. The summed E-state index contributed by atoms with van der Waals surface area (Å²) in [6.07, 6.45) is 3.21. The fourth-order valence-corrected chi connectivity index (χ4v) is 2.71. The molecule has 0 fully saturated rings. The summed E-state index contributed by atoms with van der Waals surface area (Å²) in [5.74, 6) is 0.723. The molecule has 0 radical (unpaired) electrons. The molecule has 0 spiro atoms. The highest BCUT2D eigenvalue weighted by molar-refractivity contribution is 6.36. The molecular weight excluding hydrogens is 341 g/mol. The number of anilines is 1. The summed E-state index contributed by atoms with van der Waals surface area (Å²) in [5, 5.41) is 3.86. The highest BCUT2D eigenvalue weighted by atomic mass is 35.5. The van der Waals surface area contributed by atoms with Crippen molar-refractivity contribution in [1.82, 2.24) is 9.38 Å². The van der Waals surface area contributed by atoms with Gasteiger partial charge in [0, 0.05) is 6.20 Å². The lowest BCUT2D eigenvalue weighted by Gasteiger charge is -2.08. The van der Waals surface area contributed by atoms with Crippen LogP contribution in [-0.2, 0) is 9.53 Å². The summed E-state index contributed by atoms with van der Waals surface area (Å²) in [6.45, 7) is 2.05. The van der Waals surface area contributed by atoms with Gasteiger partial charge in [-0.1, -0.05) is 23.2 Å². The molecule has 0 aliphatic carbocycles. The fourth-order valence-electron chi connectivity index (χ4n) is 2.19. The second kappa shape index (κ2) is 6.52. The van der Waals surface area contributed by atoms with Gasteiger partial charge in [0.1, 0.15) is 18.1 Å². The van der Waals surface area contributed by atoms with E-state index in [1.807, 2.05) is 0 Å². The Morgan fingerprint density at radius 1 is 1.48 bits per heavy atom. The number of aromatic nitrogens is 2. The number of halogens is 2. The Labute approximate surface area is 142 Å². The van der Waals surface area contributed by atoms with E-state index in [9.17, 15) is 4.79 Å². The molecule has 0 aliphatic rings. The van der Waals surface area contributed by atoms with Crippen LogP contribution in [0.5, 0.6) is 0 Å². The third kappa shape index (κ3) is 3.13. The van der Waals surface area contributed by atoms with Gasteiger partial charge in [-0.25, -0.2) is 4.98 Å². The van der Waals surface area contributed by atoms with Crippen molar-refractivity contribution in [2.45, 2.75) is 6.92 Å². The number of hydrogen-bond donors (Lipinski definition) is 1. The average molecular weight is 354 g/mol. The topological polar surface area (TPSA) is 68.8 Å². The first kappa shape index (κ1) is 15.7. The van der Waals surface area contributed by atoms with Crippen LogP contribution in [0.3, 0.4) is 0 Å². The van der Waals surface area contributed by atoms with Gasteiger partial charge in [0.05, 0.1) is 22.9 Å². The van der Waals surface area contributed by atoms with Gasteiger partial charge in [0.15, 0.2) is 11.4 Å². The van der Waals surface area contributed by atoms with Crippen molar-refractivity contribution in [3.63, 3.8) is 0 Å². The highest BCUT2D eigenvalue weighted by Gasteiger charge is 2.19. The van der Waals surface area contributed by atoms with Crippen LogP contribution in [0, 0.1) is 0 Å². The van der Waals surface area contributed by atoms with Crippen LogP contribution >= 0.6 is 23.2 Å². The van der Waals surface area contributed by atoms with Gasteiger partial charge in [-0.15, -0.1) is 0 Å². The zero-order valence-corrected chi connectivity index (χ0v) is 13.7. The van der Waals surface area contributed by atoms with Crippen molar-refractivity contribution in [3.8, 4) is 11.5 Å². The molecule has 0 amide bonds. The Morgan fingerprint density at radius 3 is 3.00 bits per heavy atom. The Hall–Kier alpha value is -2.18. The maximum absolute atomic E-state index is 11.6. The lowest BCUT2D eigenvalue weighted by molar-refractivity contribution is -0.140. The van der Waals surface area contributed by atoms with Crippen LogP contribution in [0.25, 0.3) is 17.1 Å². The summed E-state index contributed by atoms with van der Waals surface area (Å²) in [7, 11) is 0. The predicted molar refractivity (Wildman–Crippen MR) is 88.0 cm³/mol. The Kier molecular flexibility index (Phi) is 4.45. The normalized spacial score (nSPS) is 10.9. The molecule has 120 valence electrons. The van der Waals surface area contributed by atoms with E-state index in [-0.39, 0.29) is 12.5 Å². The van der Waals surface area contributed by atoms with Crippen LogP contribution < -0.4 is 5.32 Å². The van der Waals surface area contributed by atoms with E-state index in [0.29, 0.717) is 39.6 Å². The number of esters is 1. The number of hydrogen-bond acceptors (Lipinski definition) is 5. The second-order valence-corrected chi connectivity index (χ2v) is 5.49. The predicted octanol–water partition coefficient (Wildman–Crippen LogP) is 3.88. The van der Waals surface area contributed by atoms with E-state index in [1.54, 1.807) is 42.0 Å². The van der Waals surface area contributed by atoms with Crippen molar-refractivity contribution in [2.24, 2.45) is 0 Å². The number of pyridine rings is 1. The van der Waals surface area contributed by atoms with Gasteiger partial charge < -0.3 is 14.5 Å². The number of imidazole rings is 1. The molecule has 0 aliphatic heterocycles. The maximum atomic E-state index is 11.6. The summed E-state index contributed by atoms with van der Waals surface area (Å²) >= 11 is 12.3. The molecule has 0 saturated heterocycles.